The third-order valence-electron chi connectivity index (χ3n) is 3.67. The first-order valence-electron chi connectivity index (χ1n) is 8.34. The highest BCUT2D eigenvalue weighted by atomic mass is 35.5. The second-order valence-electron chi connectivity index (χ2n) is 5.72. The summed E-state index contributed by atoms with van der Waals surface area (Å²) < 4.78 is 10.5. The van der Waals surface area contributed by atoms with Crippen LogP contribution in [-0.4, -0.2) is 28.0 Å². The van der Waals surface area contributed by atoms with Gasteiger partial charge in [-0.15, -0.1) is 0 Å². The Morgan fingerprint density at radius 2 is 1.93 bits per heavy atom. The Bertz CT molecular complexity index is 969. The Balaban J connectivity index is 1.64. The van der Waals surface area contributed by atoms with Gasteiger partial charge in [0, 0.05) is 16.3 Å². The largest absolute Gasteiger partial charge is 0.496 e. The molecule has 1 heterocycles. The molecule has 0 bridgehead atoms. The summed E-state index contributed by atoms with van der Waals surface area (Å²) in [5, 5.41) is 3.53. The van der Waals surface area contributed by atoms with E-state index in [2.05, 4.69) is 20.3 Å². The van der Waals surface area contributed by atoms with Crippen LogP contribution in [0.3, 0.4) is 0 Å². The molecular formula is C19H18ClN5O3. The molecule has 2 aromatic carbocycles. The molecule has 3 rings (SSSR count). The maximum atomic E-state index is 12.2. The second-order valence-corrected chi connectivity index (χ2v) is 6.15. The molecule has 0 fully saturated rings. The van der Waals surface area contributed by atoms with Crippen molar-refractivity contribution < 1.29 is 14.3 Å². The van der Waals surface area contributed by atoms with Crippen LogP contribution in [0.15, 0.2) is 48.5 Å². The molecule has 0 atom stereocenters. The zero-order chi connectivity index (χ0) is 19.9. The first kappa shape index (κ1) is 19.4. The van der Waals surface area contributed by atoms with E-state index in [4.69, 9.17) is 26.8 Å². The summed E-state index contributed by atoms with van der Waals surface area (Å²) in [7, 11) is 1.52. The van der Waals surface area contributed by atoms with Crippen LogP contribution in [0.4, 0.5) is 17.6 Å². The Morgan fingerprint density at radius 3 is 2.68 bits per heavy atom. The van der Waals surface area contributed by atoms with Gasteiger partial charge >= 0.3 is 5.97 Å². The summed E-state index contributed by atoms with van der Waals surface area (Å²) in [5.41, 5.74) is 7.15. The number of hydrogen-bond acceptors (Lipinski definition) is 8. The summed E-state index contributed by atoms with van der Waals surface area (Å²) in [4.78, 5) is 24.4. The van der Waals surface area contributed by atoms with Crippen molar-refractivity contribution >= 4 is 35.2 Å². The number of nitrogens with zero attached hydrogens (tertiary/aromatic N) is 3. The highest BCUT2D eigenvalue weighted by Crippen LogP contribution is 2.23. The van der Waals surface area contributed by atoms with Crippen LogP contribution < -0.4 is 15.8 Å². The minimum Gasteiger partial charge on any atom is -0.496 e. The van der Waals surface area contributed by atoms with Crippen LogP contribution in [0.1, 0.15) is 11.4 Å². The molecule has 0 saturated heterocycles. The Kier molecular flexibility index (Phi) is 6.23. The van der Waals surface area contributed by atoms with Crippen molar-refractivity contribution in [1.29, 1.82) is 0 Å². The summed E-state index contributed by atoms with van der Waals surface area (Å²) >= 11 is 5.98. The van der Waals surface area contributed by atoms with E-state index < -0.39 is 5.97 Å². The third kappa shape index (κ3) is 5.31. The van der Waals surface area contributed by atoms with E-state index in [1.165, 1.54) is 7.11 Å². The van der Waals surface area contributed by atoms with Crippen molar-refractivity contribution in [2.45, 2.75) is 13.0 Å². The maximum Gasteiger partial charge on any atom is 0.310 e. The summed E-state index contributed by atoms with van der Waals surface area (Å²) in [6, 6.07) is 14.4. The van der Waals surface area contributed by atoms with Gasteiger partial charge < -0.3 is 20.5 Å². The summed E-state index contributed by atoms with van der Waals surface area (Å²) in [5.74, 6) is 0.604. The normalized spacial score (nSPS) is 10.4. The molecule has 0 amide bonds. The number of carbonyl (C=O) groups is 1. The molecule has 0 aliphatic rings. The van der Waals surface area contributed by atoms with E-state index >= 15 is 0 Å². The zero-order valence-electron chi connectivity index (χ0n) is 15.1. The smallest absolute Gasteiger partial charge is 0.310 e. The fourth-order valence-electron chi connectivity index (χ4n) is 2.45. The van der Waals surface area contributed by atoms with Gasteiger partial charge in [0.05, 0.1) is 13.5 Å². The number of para-hydroxylation sites is 1. The first-order chi connectivity index (χ1) is 13.5. The van der Waals surface area contributed by atoms with Crippen molar-refractivity contribution in [3.05, 3.63) is 64.9 Å². The van der Waals surface area contributed by atoms with E-state index in [1.807, 2.05) is 30.3 Å². The van der Waals surface area contributed by atoms with Crippen molar-refractivity contribution in [3.8, 4) is 5.75 Å². The minimum absolute atomic E-state index is 0.000574. The molecule has 0 spiro atoms. The minimum atomic E-state index is -0.475. The van der Waals surface area contributed by atoms with Gasteiger partial charge in [-0.25, -0.2) is 0 Å². The predicted molar refractivity (Wildman–Crippen MR) is 105 cm³/mol. The number of aromatic nitrogens is 3. The second kappa shape index (κ2) is 9.01. The average Bonchev–Trinajstić information content (AvgIpc) is 2.67. The first-order valence-corrected chi connectivity index (χ1v) is 8.72. The van der Waals surface area contributed by atoms with Gasteiger partial charge in [0.2, 0.25) is 11.9 Å². The lowest BCUT2D eigenvalue weighted by molar-refractivity contribution is -0.144. The van der Waals surface area contributed by atoms with E-state index in [0.29, 0.717) is 16.3 Å². The highest BCUT2D eigenvalue weighted by molar-refractivity contribution is 6.30. The molecule has 0 aliphatic heterocycles. The fraction of sp³-hybridized carbons (Fsp3) is 0.158. The molecule has 3 aromatic rings. The SMILES string of the molecule is COc1ccc(Cl)cc1CC(=O)OCc1nc(N)nc(Nc2ccccc2)n1. The van der Waals surface area contributed by atoms with Crippen molar-refractivity contribution in [3.63, 3.8) is 0 Å². The summed E-state index contributed by atoms with van der Waals surface area (Å²) in [6.45, 7) is -0.141. The van der Waals surface area contributed by atoms with Gasteiger partial charge in [0.25, 0.3) is 0 Å². The number of ether oxygens (including phenoxy) is 2. The van der Waals surface area contributed by atoms with Gasteiger partial charge in [-0.1, -0.05) is 29.8 Å². The molecular weight excluding hydrogens is 382 g/mol. The van der Waals surface area contributed by atoms with Crippen molar-refractivity contribution in [2.75, 3.05) is 18.2 Å². The number of esters is 1. The van der Waals surface area contributed by atoms with Crippen LogP contribution in [0.5, 0.6) is 5.75 Å². The number of nitrogen functional groups attached to an aromatic ring is 1. The lowest BCUT2D eigenvalue weighted by atomic mass is 10.1. The molecule has 28 heavy (non-hydrogen) atoms. The lowest BCUT2D eigenvalue weighted by Crippen LogP contribution is -2.12. The third-order valence-corrected chi connectivity index (χ3v) is 3.90. The standard InChI is InChI=1S/C19H18ClN5O3/c1-27-15-8-7-13(20)9-12(15)10-17(26)28-11-16-23-18(21)25-19(24-16)22-14-5-3-2-4-6-14/h2-9H,10-11H2,1H3,(H3,21,22,23,24,25). The highest BCUT2D eigenvalue weighted by Gasteiger charge is 2.13. The summed E-state index contributed by atoms with van der Waals surface area (Å²) in [6.07, 6.45) is -0.000574. The number of carbonyl (C=O) groups excluding carboxylic acids is 1. The number of hydrogen-bond donors (Lipinski definition) is 2. The van der Waals surface area contributed by atoms with E-state index in [-0.39, 0.29) is 30.7 Å². The van der Waals surface area contributed by atoms with Crippen molar-refractivity contribution in [1.82, 2.24) is 15.0 Å². The molecule has 3 N–H and O–H groups in total. The molecule has 0 aliphatic carbocycles. The molecule has 0 saturated carbocycles. The van der Waals surface area contributed by atoms with Crippen LogP contribution in [-0.2, 0) is 22.6 Å². The maximum absolute atomic E-state index is 12.2. The number of nitrogens with two attached hydrogens (primary N) is 1. The number of benzene rings is 2. The van der Waals surface area contributed by atoms with Crippen LogP contribution in [0.2, 0.25) is 5.02 Å². The van der Waals surface area contributed by atoms with E-state index in [1.54, 1.807) is 18.2 Å². The van der Waals surface area contributed by atoms with Gasteiger partial charge in [-0.2, -0.15) is 15.0 Å². The Hall–Kier alpha value is -3.39. The average molecular weight is 400 g/mol. The number of methoxy groups -OCH3 is 1. The number of halogens is 1. The van der Waals surface area contributed by atoms with E-state index in [9.17, 15) is 4.79 Å². The lowest BCUT2D eigenvalue weighted by Gasteiger charge is -2.10. The zero-order valence-corrected chi connectivity index (χ0v) is 15.8. The Labute approximate surface area is 166 Å². The van der Waals surface area contributed by atoms with Gasteiger partial charge in [0.1, 0.15) is 5.75 Å². The topological polar surface area (TPSA) is 112 Å². The number of rotatable bonds is 7. The monoisotopic (exact) mass is 399 g/mol. The molecule has 144 valence electrons. The Morgan fingerprint density at radius 1 is 1.14 bits per heavy atom. The fourth-order valence-corrected chi connectivity index (χ4v) is 2.64. The van der Waals surface area contributed by atoms with Gasteiger partial charge in [0.15, 0.2) is 12.4 Å². The van der Waals surface area contributed by atoms with Crippen LogP contribution >= 0.6 is 11.6 Å². The number of nitrogens with one attached hydrogen (secondary N) is 1. The van der Waals surface area contributed by atoms with Gasteiger partial charge in [-0.3, -0.25) is 4.79 Å². The number of anilines is 3. The predicted octanol–water partition coefficient (Wildman–Crippen LogP) is 3.15. The molecule has 9 heteroatoms. The van der Waals surface area contributed by atoms with E-state index in [0.717, 1.165) is 5.69 Å². The molecule has 0 radical (unpaired) electrons. The van der Waals surface area contributed by atoms with Gasteiger partial charge in [-0.05, 0) is 30.3 Å². The van der Waals surface area contributed by atoms with Crippen molar-refractivity contribution in [2.24, 2.45) is 0 Å². The quantitative estimate of drug-likeness (QED) is 0.582. The molecule has 8 nitrogen and oxygen atoms in total. The molecule has 1 aromatic heterocycles. The molecule has 0 unspecified atom stereocenters. The van der Waals surface area contributed by atoms with Crippen LogP contribution in [0.25, 0.3) is 0 Å². The van der Waals surface area contributed by atoms with Crippen LogP contribution in [0, 0.1) is 0 Å².